The second kappa shape index (κ2) is 7.51. The highest BCUT2D eigenvalue weighted by Gasteiger charge is 2.16. The molecule has 6 nitrogen and oxygen atoms in total. The highest BCUT2D eigenvalue weighted by Crippen LogP contribution is 2.25. The highest BCUT2D eigenvalue weighted by molar-refractivity contribution is 6.31. The zero-order chi connectivity index (χ0) is 17.9. The second-order valence-corrected chi connectivity index (χ2v) is 5.87. The number of hydrogen-bond donors (Lipinski definition) is 2. The van der Waals surface area contributed by atoms with E-state index in [1.165, 1.54) is 12.3 Å². The minimum atomic E-state index is -1.29. The van der Waals surface area contributed by atoms with Gasteiger partial charge in [-0.15, -0.1) is 0 Å². The van der Waals surface area contributed by atoms with E-state index in [0.29, 0.717) is 16.3 Å². The van der Waals surface area contributed by atoms with Crippen molar-refractivity contribution >= 4 is 17.6 Å². The number of carbonyl (C=O) groups is 1. The number of pyridine rings is 1. The van der Waals surface area contributed by atoms with Gasteiger partial charge in [0, 0.05) is 16.8 Å². The average molecular weight is 352 g/mol. The molecule has 1 aromatic heterocycles. The van der Waals surface area contributed by atoms with Gasteiger partial charge in [0.2, 0.25) is 0 Å². The van der Waals surface area contributed by atoms with Crippen molar-refractivity contribution in [2.75, 3.05) is 6.61 Å². The molecule has 0 fully saturated rings. The monoisotopic (exact) mass is 351 g/mol. The van der Waals surface area contributed by atoms with E-state index in [2.05, 4.69) is 0 Å². The van der Waals surface area contributed by atoms with Gasteiger partial charge in [-0.3, -0.25) is 4.79 Å². The Morgan fingerprint density at radius 2 is 2.04 bits per heavy atom. The van der Waals surface area contributed by atoms with Gasteiger partial charge in [0.15, 0.2) is 0 Å². The molecule has 0 aliphatic heterocycles. The largest absolute Gasteiger partial charge is 0.490 e. The van der Waals surface area contributed by atoms with Gasteiger partial charge >= 0.3 is 5.97 Å². The van der Waals surface area contributed by atoms with Crippen LogP contribution in [0.2, 0.25) is 5.02 Å². The standard InChI is InChI=1S/C17H18ClNO5/c1-10-6-7-19(16(21)15(10)17(22)23)8-12(20)9-24-14-5-3-4-13(18)11(14)2/h3-7,12,20H,8-9H2,1-2H3,(H,22,23)/t12-/m1/s1. The zero-order valence-corrected chi connectivity index (χ0v) is 14.1. The van der Waals surface area contributed by atoms with Gasteiger partial charge < -0.3 is 19.5 Å². The first-order valence-electron chi connectivity index (χ1n) is 7.30. The molecule has 0 unspecified atom stereocenters. The summed E-state index contributed by atoms with van der Waals surface area (Å²) in [6, 6.07) is 6.73. The van der Waals surface area contributed by atoms with E-state index in [1.54, 1.807) is 32.0 Å². The Morgan fingerprint density at radius 1 is 1.33 bits per heavy atom. The van der Waals surface area contributed by atoms with Crippen LogP contribution in [0.15, 0.2) is 35.3 Å². The van der Waals surface area contributed by atoms with Crippen molar-refractivity contribution in [2.45, 2.75) is 26.5 Å². The molecule has 2 N–H and O–H groups in total. The molecule has 1 aromatic carbocycles. The number of carboxylic acid groups (broad SMARTS) is 1. The molecule has 0 bridgehead atoms. The van der Waals surface area contributed by atoms with Gasteiger partial charge in [-0.1, -0.05) is 17.7 Å². The van der Waals surface area contributed by atoms with E-state index < -0.39 is 17.6 Å². The normalized spacial score (nSPS) is 12.0. The number of benzene rings is 1. The van der Waals surface area contributed by atoms with Crippen molar-refractivity contribution in [2.24, 2.45) is 0 Å². The minimum Gasteiger partial charge on any atom is -0.490 e. The fraction of sp³-hybridized carbons (Fsp3) is 0.294. The first-order valence-corrected chi connectivity index (χ1v) is 7.68. The number of ether oxygens (including phenoxy) is 1. The van der Waals surface area contributed by atoms with Crippen LogP contribution in [-0.2, 0) is 6.54 Å². The maximum Gasteiger partial charge on any atom is 0.341 e. The van der Waals surface area contributed by atoms with Crippen LogP contribution in [0.4, 0.5) is 0 Å². The molecule has 0 amide bonds. The summed E-state index contributed by atoms with van der Waals surface area (Å²) in [6.07, 6.45) is 0.475. The van der Waals surface area contributed by atoms with Gasteiger partial charge in [-0.05, 0) is 37.6 Å². The van der Waals surface area contributed by atoms with Gasteiger partial charge in [0.25, 0.3) is 5.56 Å². The molecule has 2 rings (SSSR count). The number of aromatic nitrogens is 1. The summed E-state index contributed by atoms with van der Waals surface area (Å²) in [7, 11) is 0. The number of aromatic carboxylic acids is 1. The molecule has 0 aliphatic rings. The topological polar surface area (TPSA) is 88.8 Å². The average Bonchev–Trinajstić information content (AvgIpc) is 2.51. The number of halogens is 1. The number of aliphatic hydroxyl groups excluding tert-OH is 1. The summed E-state index contributed by atoms with van der Waals surface area (Å²) in [5.41, 5.74) is 0.188. The number of rotatable bonds is 6. The molecule has 0 saturated heterocycles. The van der Waals surface area contributed by atoms with Crippen LogP contribution in [0, 0.1) is 13.8 Å². The van der Waals surface area contributed by atoms with E-state index in [1.807, 2.05) is 0 Å². The summed E-state index contributed by atoms with van der Waals surface area (Å²) in [5.74, 6) is -0.740. The second-order valence-electron chi connectivity index (χ2n) is 5.46. The number of aryl methyl sites for hydroxylation is 1. The van der Waals surface area contributed by atoms with Crippen LogP contribution in [0.5, 0.6) is 5.75 Å². The van der Waals surface area contributed by atoms with Crippen molar-refractivity contribution in [3.63, 3.8) is 0 Å². The van der Waals surface area contributed by atoms with Crippen LogP contribution in [0.1, 0.15) is 21.5 Å². The van der Waals surface area contributed by atoms with Crippen molar-refractivity contribution in [3.8, 4) is 5.75 Å². The van der Waals surface area contributed by atoms with E-state index in [4.69, 9.17) is 21.4 Å². The zero-order valence-electron chi connectivity index (χ0n) is 13.3. The summed E-state index contributed by atoms with van der Waals surface area (Å²) in [5, 5.41) is 19.7. The van der Waals surface area contributed by atoms with Crippen LogP contribution in [0.25, 0.3) is 0 Å². The Morgan fingerprint density at radius 3 is 2.71 bits per heavy atom. The lowest BCUT2D eigenvalue weighted by Crippen LogP contribution is -2.33. The van der Waals surface area contributed by atoms with Crippen molar-refractivity contribution in [3.05, 3.63) is 62.5 Å². The van der Waals surface area contributed by atoms with Gasteiger partial charge in [0.1, 0.15) is 24.0 Å². The van der Waals surface area contributed by atoms with Crippen LogP contribution in [0.3, 0.4) is 0 Å². The molecular weight excluding hydrogens is 334 g/mol. The lowest BCUT2D eigenvalue weighted by Gasteiger charge is -2.16. The van der Waals surface area contributed by atoms with Gasteiger partial charge in [-0.2, -0.15) is 0 Å². The summed E-state index contributed by atoms with van der Waals surface area (Å²) in [6.45, 7) is 3.23. The number of hydrogen-bond acceptors (Lipinski definition) is 4. The SMILES string of the molecule is Cc1ccn(C[C@@H](O)COc2cccc(Cl)c2C)c(=O)c1C(=O)O. The predicted molar refractivity (Wildman–Crippen MR) is 90.1 cm³/mol. The molecule has 0 radical (unpaired) electrons. The molecule has 7 heteroatoms. The molecular formula is C17H18ClNO5. The highest BCUT2D eigenvalue weighted by atomic mass is 35.5. The van der Waals surface area contributed by atoms with Crippen LogP contribution in [-0.4, -0.2) is 33.5 Å². The first kappa shape index (κ1) is 18.0. The maximum absolute atomic E-state index is 12.2. The lowest BCUT2D eigenvalue weighted by atomic mass is 10.1. The Kier molecular flexibility index (Phi) is 5.64. The number of carboxylic acids is 1. The van der Waals surface area contributed by atoms with Gasteiger partial charge in [0.05, 0.1) is 6.54 Å². The molecule has 1 atom stereocenters. The Hall–Kier alpha value is -2.31. The van der Waals surface area contributed by atoms with E-state index in [0.717, 1.165) is 10.1 Å². The minimum absolute atomic E-state index is 0.0517. The third-order valence-electron chi connectivity index (χ3n) is 3.64. The number of aliphatic hydroxyl groups is 1. The molecule has 0 spiro atoms. The number of nitrogens with zero attached hydrogens (tertiary/aromatic N) is 1. The summed E-state index contributed by atoms with van der Waals surface area (Å²) in [4.78, 5) is 23.3. The fourth-order valence-corrected chi connectivity index (χ4v) is 2.44. The van der Waals surface area contributed by atoms with E-state index in [-0.39, 0.29) is 18.7 Å². The molecule has 0 saturated carbocycles. The summed E-state index contributed by atoms with van der Waals surface area (Å²) < 4.78 is 6.69. The smallest absolute Gasteiger partial charge is 0.341 e. The summed E-state index contributed by atoms with van der Waals surface area (Å²) >= 11 is 6.00. The fourth-order valence-electron chi connectivity index (χ4n) is 2.28. The van der Waals surface area contributed by atoms with Crippen molar-refractivity contribution < 1.29 is 19.7 Å². The van der Waals surface area contributed by atoms with Crippen molar-refractivity contribution in [1.29, 1.82) is 0 Å². The van der Waals surface area contributed by atoms with E-state index >= 15 is 0 Å². The predicted octanol–water partition coefficient (Wildman–Crippen LogP) is 2.26. The third kappa shape index (κ3) is 3.96. The van der Waals surface area contributed by atoms with Gasteiger partial charge in [-0.25, -0.2) is 4.79 Å². The van der Waals surface area contributed by atoms with Crippen molar-refractivity contribution in [1.82, 2.24) is 4.57 Å². The Bertz CT molecular complexity index is 815. The molecule has 0 aliphatic carbocycles. The third-order valence-corrected chi connectivity index (χ3v) is 4.05. The quantitative estimate of drug-likeness (QED) is 0.833. The molecule has 24 heavy (non-hydrogen) atoms. The Balaban J connectivity index is 2.09. The molecule has 1 heterocycles. The van der Waals surface area contributed by atoms with Crippen LogP contribution >= 0.6 is 11.6 Å². The van der Waals surface area contributed by atoms with E-state index in [9.17, 15) is 14.7 Å². The molecule has 128 valence electrons. The maximum atomic E-state index is 12.2. The lowest BCUT2D eigenvalue weighted by molar-refractivity contribution is 0.0689. The van der Waals surface area contributed by atoms with Crippen LogP contribution < -0.4 is 10.3 Å². The first-order chi connectivity index (χ1) is 11.3. The Labute approximate surface area is 143 Å². The molecule has 2 aromatic rings.